The van der Waals surface area contributed by atoms with E-state index in [9.17, 15) is 19.5 Å². The van der Waals surface area contributed by atoms with Gasteiger partial charge in [0.2, 0.25) is 0 Å². The highest BCUT2D eigenvalue weighted by atomic mass is 32.2. The molecule has 0 amide bonds. The molecule has 7 heteroatoms. The largest absolute Gasteiger partial charge is 0.450 e. The Hall–Kier alpha value is -1.47. The molecule has 1 N–H and O–H groups in total. The quantitative estimate of drug-likeness (QED) is 0.545. The Bertz CT molecular complexity index is 961. The maximum absolute atomic E-state index is 17.3. The van der Waals surface area contributed by atoms with Gasteiger partial charge in [0.05, 0.1) is 11.9 Å². The number of halogens is 1. The fraction of sp³-hybridized carbons (Fsp3) is 0.741. The molecule has 0 bridgehead atoms. The van der Waals surface area contributed by atoms with Crippen molar-refractivity contribution in [2.75, 3.05) is 12.0 Å². The summed E-state index contributed by atoms with van der Waals surface area (Å²) >= 11 is 1.39. The van der Waals surface area contributed by atoms with E-state index < -0.39 is 40.1 Å². The van der Waals surface area contributed by atoms with Crippen LogP contribution in [0.3, 0.4) is 0 Å². The monoisotopic (exact) mass is 492 g/mol. The molecule has 3 fully saturated rings. The lowest BCUT2D eigenvalue weighted by Gasteiger charge is -2.62. The first-order chi connectivity index (χ1) is 15.9. The third-order valence-electron chi connectivity index (χ3n) is 9.60. The predicted molar refractivity (Wildman–Crippen MR) is 130 cm³/mol. The molecule has 4 rings (SSSR count). The minimum atomic E-state index is -1.97. The first-order valence-electron chi connectivity index (χ1n) is 12.5. The molecule has 0 spiro atoms. The molecule has 0 aliphatic heterocycles. The first-order valence-corrected chi connectivity index (χ1v) is 13.9. The van der Waals surface area contributed by atoms with Gasteiger partial charge in [-0.05, 0) is 63.4 Å². The van der Waals surface area contributed by atoms with Crippen molar-refractivity contribution in [2.24, 2.45) is 28.6 Å². The van der Waals surface area contributed by atoms with Crippen LogP contribution >= 0.6 is 11.8 Å². The summed E-state index contributed by atoms with van der Waals surface area (Å²) in [6, 6.07) is 0. The second-order valence-corrected chi connectivity index (χ2v) is 12.1. The van der Waals surface area contributed by atoms with Gasteiger partial charge in [0.25, 0.3) is 0 Å². The fourth-order valence-corrected chi connectivity index (χ4v) is 8.55. The van der Waals surface area contributed by atoms with Crippen LogP contribution < -0.4 is 0 Å². The van der Waals surface area contributed by atoms with Crippen molar-refractivity contribution >= 4 is 29.3 Å². The molecular formula is C27H37FO5S. The zero-order chi connectivity index (χ0) is 25.1. The summed E-state index contributed by atoms with van der Waals surface area (Å²) in [5.41, 5.74) is -4.59. The van der Waals surface area contributed by atoms with Crippen LogP contribution in [0.25, 0.3) is 0 Å². The Morgan fingerprint density at radius 1 is 1.29 bits per heavy atom. The molecule has 4 aliphatic rings. The third-order valence-corrected chi connectivity index (χ3v) is 10.2. The molecule has 3 saturated carbocycles. The topological polar surface area (TPSA) is 80.7 Å². The van der Waals surface area contributed by atoms with Gasteiger partial charge in [0.1, 0.15) is 0 Å². The van der Waals surface area contributed by atoms with E-state index in [1.54, 1.807) is 13.0 Å². The van der Waals surface area contributed by atoms with E-state index in [1.807, 2.05) is 27.0 Å². The van der Waals surface area contributed by atoms with E-state index in [1.165, 1.54) is 23.9 Å². The average molecular weight is 493 g/mol. The molecular weight excluding hydrogens is 455 g/mol. The zero-order valence-electron chi connectivity index (χ0n) is 20.9. The molecule has 0 aromatic rings. The number of ketones is 2. The number of aliphatic hydroxyl groups excluding tert-OH is 1. The number of thioether (sulfide) groups is 1. The van der Waals surface area contributed by atoms with E-state index >= 15 is 4.39 Å². The number of hydrogen-bond acceptors (Lipinski definition) is 6. The molecule has 0 radical (unpaired) electrons. The molecule has 0 aromatic carbocycles. The van der Waals surface area contributed by atoms with Gasteiger partial charge in [0, 0.05) is 29.1 Å². The lowest BCUT2D eigenvalue weighted by Crippen LogP contribution is -2.70. The second-order valence-electron chi connectivity index (χ2n) is 11.2. The van der Waals surface area contributed by atoms with E-state index in [-0.39, 0.29) is 42.0 Å². The van der Waals surface area contributed by atoms with Gasteiger partial charge in [-0.15, -0.1) is 0 Å². The molecule has 0 heterocycles. The van der Waals surface area contributed by atoms with Gasteiger partial charge in [-0.25, -0.2) is 4.39 Å². The molecule has 8 atom stereocenters. The Kier molecular flexibility index (Phi) is 6.46. The van der Waals surface area contributed by atoms with Crippen molar-refractivity contribution < 1.29 is 28.6 Å². The van der Waals surface area contributed by atoms with E-state index in [0.717, 1.165) is 5.57 Å². The van der Waals surface area contributed by atoms with Crippen molar-refractivity contribution in [1.29, 1.82) is 0 Å². The van der Waals surface area contributed by atoms with Crippen LogP contribution in [0.2, 0.25) is 0 Å². The van der Waals surface area contributed by atoms with Gasteiger partial charge in [0.15, 0.2) is 22.8 Å². The summed E-state index contributed by atoms with van der Waals surface area (Å²) in [6.07, 6.45) is 7.50. The SMILES string of the molecule is CCCC(=O)O[C@]1(C(=O)CSC)[C@@H](C)C[C@H]2[C@@H]3CCC4=CC(=O)C=C[C@]4(C)[C@@]3(F)[C@@H](O)C[C@@]21C. The summed E-state index contributed by atoms with van der Waals surface area (Å²) in [6.45, 7) is 7.53. The Labute approximate surface area is 206 Å². The number of ether oxygens (including phenoxy) is 1. The fourth-order valence-electron chi connectivity index (χ4n) is 8.07. The Morgan fingerprint density at radius 3 is 2.65 bits per heavy atom. The Morgan fingerprint density at radius 2 is 2.00 bits per heavy atom. The van der Waals surface area contributed by atoms with Crippen LogP contribution in [0, 0.1) is 28.6 Å². The van der Waals surface area contributed by atoms with Crippen molar-refractivity contribution in [3.8, 4) is 0 Å². The van der Waals surface area contributed by atoms with E-state index in [0.29, 0.717) is 25.7 Å². The first kappa shape index (κ1) is 25.6. The average Bonchev–Trinajstić information content (AvgIpc) is 2.97. The number of esters is 1. The summed E-state index contributed by atoms with van der Waals surface area (Å²) in [5.74, 6) is -1.55. The second kappa shape index (κ2) is 8.58. The minimum absolute atomic E-state index is 0.0270. The number of alkyl halides is 1. The van der Waals surface area contributed by atoms with Crippen LogP contribution in [-0.2, 0) is 19.1 Å². The molecule has 34 heavy (non-hydrogen) atoms. The van der Waals surface area contributed by atoms with E-state index in [4.69, 9.17) is 4.74 Å². The molecule has 4 aliphatic carbocycles. The van der Waals surface area contributed by atoms with Crippen LogP contribution in [0.4, 0.5) is 4.39 Å². The smallest absolute Gasteiger partial charge is 0.306 e. The number of carbonyl (C=O) groups is 3. The molecule has 0 aromatic heterocycles. The number of carbonyl (C=O) groups excluding carboxylic acids is 3. The van der Waals surface area contributed by atoms with Crippen molar-refractivity contribution in [2.45, 2.75) is 83.6 Å². The van der Waals surface area contributed by atoms with Crippen molar-refractivity contribution in [3.05, 3.63) is 23.8 Å². The summed E-state index contributed by atoms with van der Waals surface area (Å²) < 4.78 is 23.5. The number of hydrogen-bond donors (Lipinski definition) is 1. The van der Waals surface area contributed by atoms with Gasteiger partial charge in [-0.2, -0.15) is 11.8 Å². The van der Waals surface area contributed by atoms with Gasteiger partial charge < -0.3 is 9.84 Å². The number of Topliss-reactive ketones (excluding diaryl/α,β-unsaturated/α-hetero) is 1. The van der Waals surface area contributed by atoms with Crippen molar-refractivity contribution in [3.63, 3.8) is 0 Å². The van der Waals surface area contributed by atoms with Crippen LogP contribution in [0.5, 0.6) is 0 Å². The highest BCUT2D eigenvalue weighted by Crippen LogP contribution is 2.71. The standard InChI is InChI=1S/C27H37FO5S/c1-6-7-23(32)33-27(22(31)15-34-5)16(2)12-20-19-9-8-17-13-18(29)10-11-24(17,3)26(19,28)21(30)14-25(20,27)4/h10-11,13,16,19-21,30H,6-9,12,14-15H2,1-5H3/t16-,19-,20-,21-,24-,25-,26-,27-/m0/s1. The van der Waals surface area contributed by atoms with Gasteiger partial charge in [-0.3, -0.25) is 14.4 Å². The van der Waals surface area contributed by atoms with E-state index in [2.05, 4.69) is 0 Å². The van der Waals surface area contributed by atoms with Gasteiger partial charge >= 0.3 is 5.97 Å². The number of rotatable bonds is 6. The highest BCUT2D eigenvalue weighted by molar-refractivity contribution is 7.99. The molecule has 0 saturated heterocycles. The number of allylic oxidation sites excluding steroid dienone is 4. The normalized spacial score (nSPS) is 45.1. The maximum atomic E-state index is 17.3. The lowest BCUT2D eigenvalue weighted by molar-refractivity contribution is -0.227. The molecule has 188 valence electrons. The van der Waals surface area contributed by atoms with Crippen LogP contribution in [-0.4, -0.2) is 52.0 Å². The predicted octanol–water partition coefficient (Wildman–Crippen LogP) is 4.62. The lowest BCUT2D eigenvalue weighted by atomic mass is 9.44. The summed E-state index contributed by atoms with van der Waals surface area (Å²) in [5, 5.41) is 11.5. The molecule has 0 unspecified atom stereocenters. The zero-order valence-corrected chi connectivity index (χ0v) is 21.7. The summed E-state index contributed by atoms with van der Waals surface area (Å²) in [4.78, 5) is 38.6. The number of fused-ring (bicyclic) bond motifs is 5. The maximum Gasteiger partial charge on any atom is 0.306 e. The van der Waals surface area contributed by atoms with Gasteiger partial charge in [-0.1, -0.05) is 32.4 Å². The minimum Gasteiger partial charge on any atom is -0.450 e. The number of aliphatic hydroxyl groups is 1. The highest BCUT2D eigenvalue weighted by Gasteiger charge is 2.77. The van der Waals surface area contributed by atoms with Crippen LogP contribution in [0.1, 0.15) is 66.2 Å². The molecule has 5 nitrogen and oxygen atoms in total. The summed E-state index contributed by atoms with van der Waals surface area (Å²) in [7, 11) is 0. The van der Waals surface area contributed by atoms with Crippen molar-refractivity contribution in [1.82, 2.24) is 0 Å². The van der Waals surface area contributed by atoms with Crippen LogP contribution in [0.15, 0.2) is 23.8 Å². The Balaban J connectivity index is 1.83. The third kappa shape index (κ3) is 3.18.